The summed E-state index contributed by atoms with van der Waals surface area (Å²) in [6.07, 6.45) is -0.830. The minimum atomic E-state index is -0.830. The van der Waals surface area contributed by atoms with Crippen molar-refractivity contribution in [2.75, 3.05) is 54.1 Å². The molecule has 25 heavy (non-hydrogen) atoms. The second-order valence-electron chi connectivity index (χ2n) is 5.71. The van der Waals surface area contributed by atoms with Crippen LogP contribution in [0.2, 0.25) is 0 Å². The van der Waals surface area contributed by atoms with Crippen molar-refractivity contribution in [3.05, 3.63) is 23.8 Å². The molecule has 1 fully saturated rings. The SMILES string of the molecule is COCCN1CC(O)CN(C(=O)c2cccc(OC)c2OC)CC1=O. The summed E-state index contributed by atoms with van der Waals surface area (Å²) in [6.45, 7) is 0.864. The molecule has 2 rings (SSSR count). The minimum absolute atomic E-state index is 0.0639. The molecule has 1 unspecified atom stereocenters. The van der Waals surface area contributed by atoms with Gasteiger partial charge in [0.1, 0.15) is 6.54 Å². The van der Waals surface area contributed by atoms with E-state index in [2.05, 4.69) is 0 Å². The molecule has 1 aromatic carbocycles. The van der Waals surface area contributed by atoms with Crippen LogP contribution in [0.15, 0.2) is 18.2 Å². The number of carbonyl (C=O) groups is 2. The first kappa shape index (κ1) is 19.0. The molecular weight excluding hydrogens is 328 g/mol. The quantitative estimate of drug-likeness (QED) is 0.775. The molecule has 1 heterocycles. The Morgan fingerprint density at radius 1 is 1.24 bits per heavy atom. The average molecular weight is 352 g/mol. The third-order valence-electron chi connectivity index (χ3n) is 4.03. The summed E-state index contributed by atoms with van der Waals surface area (Å²) in [5.74, 6) is 0.106. The molecule has 2 amide bonds. The molecule has 0 aromatic heterocycles. The lowest BCUT2D eigenvalue weighted by Gasteiger charge is -2.22. The standard InChI is InChI=1S/C17H24N2O6/c1-23-8-7-18-9-12(20)10-19(11-15(18)21)17(22)13-5-4-6-14(24-2)16(13)25-3/h4-6,12,20H,7-11H2,1-3H3. The number of methoxy groups -OCH3 is 3. The molecule has 1 atom stereocenters. The Labute approximate surface area is 146 Å². The van der Waals surface area contributed by atoms with Crippen LogP contribution in [-0.2, 0) is 9.53 Å². The van der Waals surface area contributed by atoms with Crippen molar-refractivity contribution in [3.8, 4) is 11.5 Å². The van der Waals surface area contributed by atoms with Crippen molar-refractivity contribution >= 4 is 11.8 Å². The minimum Gasteiger partial charge on any atom is -0.493 e. The van der Waals surface area contributed by atoms with Gasteiger partial charge in [-0.2, -0.15) is 0 Å². The van der Waals surface area contributed by atoms with Gasteiger partial charge in [0, 0.05) is 26.7 Å². The first-order valence-corrected chi connectivity index (χ1v) is 7.96. The van der Waals surface area contributed by atoms with Crippen LogP contribution in [0.3, 0.4) is 0 Å². The maximum Gasteiger partial charge on any atom is 0.258 e. The van der Waals surface area contributed by atoms with E-state index >= 15 is 0 Å². The molecule has 0 radical (unpaired) electrons. The van der Waals surface area contributed by atoms with Crippen LogP contribution < -0.4 is 9.47 Å². The van der Waals surface area contributed by atoms with Gasteiger partial charge in [-0.3, -0.25) is 9.59 Å². The zero-order chi connectivity index (χ0) is 18.4. The number of aliphatic hydroxyl groups is 1. The second-order valence-corrected chi connectivity index (χ2v) is 5.71. The number of β-amino-alcohol motifs (C(OH)–C–C–N with tert-alkyl or cyclic N) is 1. The Morgan fingerprint density at radius 2 is 2.00 bits per heavy atom. The Hall–Kier alpha value is -2.32. The highest BCUT2D eigenvalue weighted by Gasteiger charge is 2.31. The molecule has 8 heteroatoms. The first-order valence-electron chi connectivity index (χ1n) is 7.96. The Morgan fingerprint density at radius 3 is 2.64 bits per heavy atom. The zero-order valence-electron chi connectivity index (χ0n) is 14.7. The van der Waals surface area contributed by atoms with Crippen LogP contribution >= 0.6 is 0 Å². The molecule has 0 aliphatic carbocycles. The maximum atomic E-state index is 12.9. The van der Waals surface area contributed by atoms with E-state index in [4.69, 9.17) is 14.2 Å². The molecule has 138 valence electrons. The van der Waals surface area contributed by atoms with Crippen LogP contribution in [0.5, 0.6) is 11.5 Å². The highest BCUT2D eigenvalue weighted by atomic mass is 16.5. The van der Waals surface area contributed by atoms with Gasteiger partial charge in [-0.1, -0.05) is 6.07 Å². The van der Waals surface area contributed by atoms with Gasteiger partial charge >= 0.3 is 0 Å². The lowest BCUT2D eigenvalue weighted by Crippen LogP contribution is -2.40. The molecule has 0 spiro atoms. The summed E-state index contributed by atoms with van der Waals surface area (Å²) in [6, 6.07) is 4.97. The van der Waals surface area contributed by atoms with E-state index in [1.54, 1.807) is 25.3 Å². The monoisotopic (exact) mass is 352 g/mol. The Balaban J connectivity index is 2.23. The number of hydrogen-bond donors (Lipinski definition) is 1. The summed E-state index contributed by atoms with van der Waals surface area (Å²) in [5, 5.41) is 10.2. The largest absolute Gasteiger partial charge is 0.493 e. The van der Waals surface area contributed by atoms with E-state index in [9.17, 15) is 14.7 Å². The smallest absolute Gasteiger partial charge is 0.258 e. The van der Waals surface area contributed by atoms with E-state index in [0.29, 0.717) is 24.7 Å². The lowest BCUT2D eigenvalue weighted by atomic mass is 10.1. The summed E-state index contributed by atoms with van der Waals surface area (Å²) in [7, 11) is 4.48. The van der Waals surface area contributed by atoms with E-state index in [-0.39, 0.29) is 31.1 Å². The van der Waals surface area contributed by atoms with Gasteiger partial charge in [-0.05, 0) is 12.1 Å². The molecule has 1 N–H and O–H groups in total. The third-order valence-corrected chi connectivity index (χ3v) is 4.03. The number of ether oxygens (including phenoxy) is 3. The van der Waals surface area contributed by atoms with Crippen LogP contribution in [0.25, 0.3) is 0 Å². The molecule has 8 nitrogen and oxygen atoms in total. The zero-order valence-corrected chi connectivity index (χ0v) is 14.7. The fourth-order valence-electron chi connectivity index (χ4n) is 2.79. The normalized spacial score (nSPS) is 18.1. The third kappa shape index (κ3) is 4.40. The molecule has 0 bridgehead atoms. The fourth-order valence-corrected chi connectivity index (χ4v) is 2.79. The molecule has 0 saturated carbocycles. The van der Waals surface area contributed by atoms with Crippen LogP contribution in [0.1, 0.15) is 10.4 Å². The van der Waals surface area contributed by atoms with E-state index in [1.807, 2.05) is 0 Å². The van der Waals surface area contributed by atoms with Gasteiger partial charge in [0.15, 0.2) is 11.5 Å². The molecular formula is C17H24N2O6. The number of rotatable bonds is 6. The topological polar surface area (TPSA) is 88.5 Å². The van der Waals surface area contributed by atoms with Crippen molar-refractivity contribution in [1.82, 2.24) is 9.80 Å². The van der Waals surface area contributed by atoms with Crippen LogP contribution in [0, 0.1) is 0 Å². The number of carbonyl (C=O) groups excluding carboxylic acids is 2. The highest BCUT2D eigenvalue weighted by Crippen LogP contribution is 2.31. The van der Waals surface area contributed by atoms with Gasteiger partial charge < -0.3 is 29.1 Å². The maximum absolute atomic E-state index is 12.9. The summed E-state index contributed by atoms with van der Waals surface area (Å²) in [5.41, 5.74) is 0.284. The van der Waals surface area contributed by atoms with Crippen molar-refractivity contribution in [2.24, 2.45) is 0 Å². The van der Waals surface area contributed by atoms with Gasteiger partial charge in [-0.25, -0.2) is 0 Å². The molecule has 1 aliphatic heterocycles. The lowest BCUT2D eigenvalue weighted by molar-refractivity contribution is -0.131. The van der Waals surface area contributed by atoms with E-state index in [1.165, 1.54) is 24.0 Å². The number of amides is 2. The van der Waals surface area contributed by atoms with Crippen molar-refractivity contribution in [1.29, 1.82) is 0 Å². The van der Waals surface area contributed by atoms with E-state index in [0.717, 1.165) is 0 Å². The van der Waals surface area contributed by atoms with Crippen LogP contribution in [-0.4, -0.2) is 86.9 Å². The number of para-hydroxylation sites is 1. The van der Waals surface area contributed by atoms with E-state index < -0.39 is 12.0 Å². The van der Waals surface area contributed by atoms with Crippen molar-refractivity contribution < 1.29 is 28.9 Å². The predicted molar refractivity (Wildman–Crippen MR) is 89.9 cm³/mol. The Kier molecular flexibility index (Phi) is 6.60. The van der Waals surface area contributed by atoms with Crippen molar-refractivity contribution in [2.45, 2.75) is 6.10 Å². The molecule has 1 aliphatic rings. The number of aliphatic hydroxyl groups excluding tert-OH is 1. The van der Waals surface area contributed by atoms with Gasteiger partial charge in [-0.15, -0.1) is 0 Å². The predicted octanol–water partition coefficient (Wildman–Crippen LogP) is -0.00450. The van der Waals surface area contributed by atoms with Gasteiger partial charge in [0.05, 0.1) is 32.5 Å². The number of benzene rings is 1. The number of hydrogen-bond acceptors (Lipinski definition) is 6. The van der Waals surface area contributed by atoms with Gasteiger partial charge in [0.2, 0.25) is 5.91 Å². The second kappa shape index (κ2) is 8.68. The highest BCUT2D eigenvalue weighted by molar-refractivity contribution is 5.99. The van der Waals surface area contributed by atoms with Gasteiger partial charge in [0.25, 0.3) is 5.91 Å². The summed E-state index contributed by atoms with van der Waals surface area (Å²) in [4.78, 5) is 28.1. The summed E-state index contributed by atoms with van der Waals surface area (Å²) >= 11 is 0. The molecule has 1 aromatic rings. The Bertz CT molecular complexity index is 621. The summed E-state index contributed by atoms with van der Waals surface area (Å²) < 4.78 is 15.5. The fraction of sp³-hybridized carbons (Fsp3) is 0.529. The average Bonchev–Trinajstić information content (AvgIpc) is 2.76. The van der Waals surface area contributed by atoms with Crippen LogP contribution in [0.4, 0.5) is 0 Å². The first-order chi connectivity index (χ1) is 12.0. The molecule has 1 saturated heterocycles. The number of nitrogens with zero attached hydrogens (tertiary/aromatic N) is 2. The van der Waals surface area contributed by atoms with Crippen molar-refractivity contribution in [3.63, 3.8) is 0 Å².